The summed E-state index contributed by atoms with van der Waals surface area (Å²) < 4.78 is 0. The summed E-state index contributed by atoms with van der Waals surface area (Å²) >= 11 is 0. The number of aromatic nitrogens is 1. The van der Waals surface area contributed by atoms with Gasteiger partial charge in [0.15, 0.2) is 0 Å². The predicted octanol–water partition coefficient (Wildman–Crippen LogP) is 5.20. The Kier molecular flexibility index (Phi) is 12.5. The van der Waals surface area contributed by atoms with Gasteiger partial charge in [-0.05, 0) is 36.6 Å². The van der Waals surface area contributed by atoms with E-state index in [9.17, 15) is 0 Å². The van der Waals surface area contributed by atoms with Gasteiger partial charge in [0.1, 0.15) is 0 Å². The zero-order valence-electron chi connectivity index (χ0n) is 11.5. The van der Waals surface area contributed by atoms with Gasteiger partial charge in [0.05, 0.1) is 0 Å². The maximum atomic E-state index is 4.03. The first-order valence-corrected chi connectivity index (χ1v) is 5.99. The lowest BCUT2D eigenvalue weighted by molar-refractivity contribution is 1.30. The van der Waals surface area contributed by atoms with Crippen LogP contribution < -0.4 is 0 Å². The molecular weight excluding hydrogens is 194 g/mol. The molecule has 90 valence electrons. The molecule has 0 bridgehead atoms. The van der Waals surface area contributed by atoms with Crippen molar-refractivity contribution in [2.45, 2.75) is 41.5 Å². The van der Waals surface area contributed by atoms with Crippen LogP contribution in [0.15, 0.2) is 31.1 Å². The van der Waals surface area contributed by atoms with Gasteiger partial charge in [-0.2, -0.15) is 0 Å². The van der Waals surface area contributed by atoms with Gasteiger partial charge in [-0.15, -0.1) is 0 Å². The van der Waals surface area contributed by atoms with Crippen LogP contribution in [0.5, 0.6) is 0 Å². The first-order valence-electron chi connectivity index (χ1n) is 5.99. The maximum absolute atomic E-state index is 4.03. The molecule has 0 spiro atoms. The highest BCUT2D eigenvalue weighted by atomic mass is 14.6. The van der Waals surface area contributed by atoms with Crippen molar-refractivity contribution in [3.05, 3.63) is 42.2 Å². The molecule has 1 aromatic heterocycles. The van der Waals surface area contributed by atoms with E-state index < -0.39 is 0 Å². The molecule has 0 unspecified atom stereocenters. The van der Waals surface area contributed by atoms with E-state index in [2.05, 4.69) is 24.6 Å². The summed E-state index contributed by atoms with van der Waals surface area (Å²) in [4.78, 5) is 4.03. The number of hydrogen-bond donors (Lipinski definition) is 0. The van der Waals surface area contributed by atoms with Gasteiger partial charge in [-0.1, -0.05) is 46.4 Å². The average Bonchev–Trinajstić information content (AvgIpc) is 2.42. The van der Waals surface area contributed by atoms with Crippen molar-refractivity contribution >= 4 is 11.6 Å². The highest BCUT2D eigenvalue weighted by Gasteiger charge is 1.98. The van der Waals surface area contributed by atoms with Crippen molar-refractivity contribution in [1.29, 1.82) is 0 Å². The number of pyridine rings is 1. The van der Waals surface area contributed by atoms with Crippen molar-refractivity contribution in [3.63, 3.8) is 0 Å². The van der Waals surface area contributed by atoms with Crippen molar-refractivity contribution in [3.8, 4) is 0 Å². The van der Waals surface area contributed by atoms with Crippen molar-refractivity contribution in [1.82, 2.24) is 4.98 Å². The summed E-state index contributed by atoms with van der Waals surface area (Å²) in [5.41, 5.74) is 3.56. The smallest absolute Gasteiger partial charge is 0.0346 e. The second-order valence-corrected chi connectivity index (χ2v) is 2.64. The third kappa shape index (κ3) is 5.50. The normalized spacial score (nSPS) is 9.25. The van der Waals surface area contributed by atoms with Gasteiger partial charge in [0, 0.05) is 12.4 Å². The Bertz CT molecular complexity index is 311. The van der Waals surface area contributed by atoms with E-state index in [0.29, 0.717) is 0 Å². The Morgan fingerprint density at radius 1 is 1.25 bits per heavy atom. The summed E-state index contributed by atoms with van der Waals surface area (Å²) in [5, 5.41) is 0. The van der Waals surface area contributed by atoms with Crippen LogP contribution >= 0.6 is 0 Å². The van der Waals surface area contributed by atoms with Crippen LogP contribution in [0.25, 0.3) is 11.6 Å². The molecule has 0 saturated carbocycles. The molecule has 0 N–H and O–H groups in total. The van der Waals surface area contributed by atoms with E-state index >= 15 is 0 Å². The monoisotopic (exact) mass is 219 g/mol. The van der Waals surface area contributed by atoms with E-state index in [1.807, 2.05) is 53.0 Å². The number of rotatable bonds is 2. The van der Waals surface area contributed by atoms with Crippen LogP contribution in [0.3, 0.4) is 0 Å². The molecule has 0 amide bonds. The summed E-state index contributed by atoms with van der Waals surface area (Å²) in [6.45, 7) is 15.9. The van der Waals surface area contributed by atoms with Crippen LogP contribution in [-0.2, 0) is 0 Å². The Morgan fingerprint density at radius 2 is 1.81 bits per heavy atom. The highest BCUT2D eigenvalue weighted by molar-refractivity contribution is 5.71. The second kappa shape index (κ2) is 11.7. The minimum Gasteiger partial charge on any atom is -0.264 e. The predicted molar refractivity (Wildman–Crippen MR) is 76.3 cm³/mol. The lowest BCUT2D eigenvalue weighted by Gasteiger charge is -2.03. The lowest BCUT2D eigenvalue weighted by Crippen LogP contribution is -1.85. The number of nitrogens with zero attached hydrogens (tertiary/aromatic N) is 1. The van der Waals surface area contributed by atoms with Crippen molar-refractivity contribution < 1.29 is 0 Å². The Hall–Kier alpha value is -1.37. The van der Waals surface area contributed by atoms with E-state index in [1.165, 1.54) is 11.1 Å². The van der Waals surface area contributed by atoms with Gasteiger partial charge in [0.2, 0.25) is 0 Å². The average molecular weight is 219 g/mol. The zero-order valence-corrected chi connectivity index (χ0v) is 11.5. The van der Waals surface area contributed by atoms with Crippen LogP contribution in [0.2, 0.25) is 0 Å². The summed E-state index contributed by atoms with van der Waals surface area (Å²) in [5.74, 6) is 0. The minimum atomic E-state index is 1.09. The molecule has 1 heteroatoms. The molecule has 0 atom stereocenters. The van der Waals surface area contributed by atoms with E-state index in [1.54, 1.807) is 6.20 Å². The zero-order chi connectivity index (χ0) is 13.0. The molecule has 1 nitrogen and oxygen atoms in total. The molecular formula is C15H25N. The van der Waals surface area contributed by atoms with E-state index in [-0.39, 0.29) is 0 Å². The molecule has 0 aromatic carbocycles. The van der Waals surface area contributed by atoms with Crippen molar-refractivity contribution in [2.75, 3.05) is 0 Å². The van der Waals surface area contributed by atoms with E-state index in [0.717, 1.165) is 5.56 Å². The molecule has 0 fully saturated rings. The molecule has 1 heterocycles. The third-order valence-electron chi connectivity index (χ3n) is 1.93. The van der Waals surface area contributed by atoms with Crippen LogP contribution in [-0.4, -0.2) is 4.98 Å². The topological polar surface area (TPSA) is 12.9 Å². The largest absolute Gasteiger partial charge is 0.264 e. The van der Waals surface area contributed by atoms with Crippen LogP contribution in [0.1, 0.15) is 52.7 Å². The molecule has 0 aliphatic rings. The van der Waals surface area contributed by atoms with Gasteiger partial charge in [0.25, 0.3) is 0 Å². The first-order chi connectivity index (χ1) is 7.79. The van der Waals surface area contributed by atoms with Crippen LogP contribution in [0.4, 0.5) is 0 Å². The van der Waals surface area contributed by atoms with Gasteiger partial charge >= 0.3 is 0 Å². The van der Waals surface area contributed by atoms with E-state index in [4.69, 9.17) is 0 Å². The van der Waals surface area contributed by atoms with Crippen LogP contribution in [0, 0.1) is 0 Å². The third-order valence-corrected chi connectivity index (χ3v) is 1.93. The molecule has 0 saturated heterocycles. The molecule has 1 aromatic rings. The van der Waals surface area contributed by atoms with Gasteiger partial charge < -0.3 is 0 Å². The Labute approximate surface area is 101 Å². The summed E-state index contributed by atoms with van der Waals surface area (Å²) in [7, 11) is 0. The first kappa shape index (κ1) is 17.0. The number of hydrogen-bond acceptors (Lipinski definition) is 1. The molecule has 0 radical (unpaired) electrons. The summed E-state index contributed by atoms with van der Waals surface area (Å²) in [6, 6.07) is 2.01. The summed E-state index contributed by atoms with van der Waals surface area (Å²) in [6.07, 6.45) is 7.54. The molecule has 0 aliphatic heterocycles. The second-order valence-electron chi connectivity index (χ2n) is 2.64. The SMILES string of the molecule is C=Cc1cnccc1/C(C)=C\C.CC.CC. The van der Waals surface area contributed by atoms with Gasteiger partial charge in [-0.3, -0.25) is 4.98 Å². The standard InChI is InChI=1S/C11H13N.2C2H6/c1-4-9(3)11-6-7-12-8-10(11)5-2;2*1-2/h4-8H,2H2,1,3H3;2*1-2H3/b9-4-;;. The fraction of sp³-hybridized carbons (Fsp3) is 0.400. The van der Waals surface area contributed by atoms with Gasteiger partial charge in [-0.25, -0.2) is 0 Å². The maximum Gasteiger partial charge on any atom is 0.0346 e. The Morgan fingerprint density at radius 3 is 2.25 bits per heavy atom. The Balaban J connectivity index is 0. The van der Waals surface area contributed by atoms with Crippen molar-refractivity contribution in [2.24, 2.45) is 0 Å². The molecule has 1 rings (SSSR count). The fourth-order valence-corrected chi connectivity index (χ4v) is 1.08. The molecule has 0 aliphatic carbocycles. The quantitative estimate of drug-likeness (QED) is 0.666. The molecule has 16 heavy (non-hydrogen) atoms. The lowest BCUT2D eigenvalue weighted by atomic mass is 10.0. The highest BCUT2D eigenvalue weighted by Crippen LogP contribution is 2.17. The fourth-order valence-electron chi connectivity index (χ4n) is 1.08. The minimum absolute atomic E-state index is 1.09. The number of allylic oxidation sites excluding steroid dienone is 2.